The van der Waals surface area contributed by atoms with E-state index < -0.39 is 0 Å². The van der Waals surface area contributed by atoms with Crippen molar-refractivity contribution in [3.8, 4) is 22.8 Å². The number of nitrogens with zero attached hydrogens (tertiary/aromatic N) is 2. The molecule has 21 heavy (non-hydrogen) atoms. The largest absolute Gasteiger partial charge is 0.305 e. The maximum absolute atomic E-state index is 12.2. The predicted molar refractivity (Wildman–Crippen MR) is 83.0 cm³/mol. The molecule has 4 nitrogen and oxygen atoms in total. The van der Waals surface area contributed by atoms with E-state index in [1.54, 1.807) is 13.1 Å². The lowest BCUT2D eigenvalue weighted by Gasteiger charge is -2.09. The van der Waals surface area contributed by atoms with Gasteiger partial charge < -0.3 is 4.98 Å². The molecular formula is C17H15N3O. The molecule has 0 aliphatic heterocycles. The van der Waals surface area contributed by atoms with Crippen molar-refractivity contribution in [1.82, 2.24) is 15.0 Å². The van der Waals surface area contributed by atoms with Gasteiger partial charge in [-0.1, -0.05) is 36.4 Å². The summed E-state index contributed by atoms with van der Waals surface area (Å²) in [6, 6.07) is 13.5. The van der Waals surface area contributed by atoms with Gasteiger partial charge in [-0.3, -0.25) is 9.78 Å². The van der Waals surface area contributed by atoms with Gasteiger partial charge in [0.15, 0.2) is 5.82 Å². The van der Waals surface area contributed by atoms with Gasteiger partial charge in [-0.2, -0.15) is 0 Å². The molecule has 0 unspecified atom stereocenters. The Kier molecular flexibility index (Phi) is 3.36. The van der Waals surface area contributed by atoms with Crippen LogP contribution in [0.4, 0.5) is 0 Å². The van der Waals surface area contributed by atoms with Gasteiger partial charge in [-0.25, -0.2) is 4.98 Å². The third kappa shape index (κ3) is 2.48. The smallest absolute Gasteiger partial charge is 0.254 e. The summed E-state index contributed by atoms with van der Waals surface area (Å²) in [5, 5.41) is 0. The van der Waals surface area contributed by atoms with Gasteiger partial charge >= 0.3 is 0 Å². The zero-order chi connectivity index (χ0) is 14.8. The van der Waals surface area contributed by atoms with Crippen molar-refractivity contribution in [3.63, 3.8) is 0 Å². The Balaban J connectivity index is 2.24. The van der Waals surface area contributed by atoms with Crippen LogP contribution in [0, 0.1) is 13.8 Å². The van der Waals surface area contributed by atoms with Crippen molar-refractivity contribution in [1.29, 1.82) is 0 Å². The minimum absolute atomic E-state index is 0.135. The van der Waals surface area contributed by atoms with Crippen LogP contribution in [0.2, 0.25) is 0 Å². The normalized spacial score (nSPS) is 10.6. The first-order chi connectivity index (χ1) is 10.2. The topological polar surface area (TPSA) is 58.6 Å². The molecule has 1 aromatic carbocycles. The van der Waals surface area contributed by atoms with E-state index in [1.165, 1.54) is 0 Å². The summed E-state index contributed by atoms with van der Waals surface area (Å²) in [5.41, 5.74) is 3.77. The lowest BCUT2D eigenvalue weighted by atomic mass is 10.1. The molecule has 0 atom stereocenters. The van der Waals surface area contributed by atoms with Crippen LogP contribution in [0.15, 0.2) is 53.5 Å². The van der Waals surface area contributed by atoms with Crippen LogP contribution in [0.5, 0.6) is 0 Å². The molecule has 0 amide bonds. The number of H-pyrrole nitrogens is 1. The standard InChI is InChI=1S/C17H15N3O/c1-11-7-6-10-18-14(11)16-19-15(12(2)17(21)20-16)13-8-4-3-5-9-13/h3-10H,1-2H3,(H,19,20,21). The lowest BCUT2D eigenvalue weighted by Crippen LogP contribution is -2.14. The summed E-state index contributed by atoms with van der Waals surface area (Å²) in [5.74, 6) is 0.502. The van der Waals surface area contributed by atoms with Crippen LogP contribution in [0.1, 0.15) is 11.1 Å². The summed E-state index contributed by atoms with van der Waals surface area (Å²) < 4.78 is 0. The Bertz CT molecular complexity index is 838. The average Bonchev–Trinajstić information content (AvgIpc) is 2.51. The van der Waals surface area contributed by atoms with Crippen molar-refractivity contribution in [2.45, 2.75) is 13.8 Å². The number of aryl methyl sites for hydroxylation is 1. The Morgan fingerprint density at radius 3 is 2.43 bits per heavy atom. The highest BCUT2D eigenvalue weighted by molar-refractivity contribution is 5.65. The lowest BCUT2D eigenvalue weighted by molar-refractivity contribution is 1.06. The van der Waals surface area contributed by atoms with E-state index in [0.717, 1.165) is 11.1 Å². The number of benzene rings is 1. The molecule has 104 valence electrons. The summed E-state index contributed by atoms with van der Waals surface area (Å²) in [6.45, 7) is 3.73. The van der Waals surface area contributed by atoms with Crippen LogP contribution in [-0.4, -0.2) is 15.0 Å². The second-order valence-electron chi connectivity index (χ2n) is 4.92. The molecule has 2 heterocycles. The Hall–Kier alpha value is -2.75. The quantitative estimate of drug-likeness (QED) is 0.783. The fourth-order valence-electron chi connectivity index (χ4n) is 2.26. The first-order valence-corrected chi connectivity index (χ1v) is 6.75. The maximum Gasteiger partial charge on any atom is 0.254 e. The van der Waals surface area contributed by atoms with Crippen LogP contribution in [0.3, 0.4) is 0 Å². The number of hydrogen-bond acceptors (Lipinski definition) is 3. The van der Waals surface area contributed by atoms with E-state index >= 15 is 0 Å². The SMILES string of the molecule is Cc1cccnc1-c1nc(-c2ccccc2)c(C)c(=O)[nH]1. The third-order valence-corrected chi connectivity index (χ3v) is 3.43. The van der Waals surface area contributed by atoms with Crippen LogP contribution >= 0.6 is 0 Å². The van der Waals surface area contributed by atoms with Crippen molar-refractivity contribution in [2.75, 3.05) is 0 Å². The van der Waals surface area contributed by atoms with Crippen LogP contribution < -0.4 is 5.56 Å². The number of aromatic amines is 1. The summed E-state index contributed by atoms with van der Waals surface area (Å²) in [4.78, 5) is 23.9. The number of nitrogens with one attached hydrogen (secondary N) is 1. The Morgan fingerprint density at radius 2 is 1.71 bits per heavy atom. The predicted octanol–water partition coefficient (Wildman–Crippen LogP) is 3.12. The minimum Gasteiger partial charge on any atom is -0.305 e. The highest BCUT2D eigenvalue weighted by Gasteiger charge is 2.12. The summed E-state index contributed by atoms with van der Waals surface area (Å²) in [6.07, 6.45) is 1.70. The van der Waals surface area contributed by atoms with Gasteiger partial charge in [-0.05, 0) is 25.5 Å². The summed E-state index contributed by atoms with van der Waals surface area (Å²) >= 11 is 0. The highest BCUT2D eigenvalue weighted by Crippen LogP contribution is 2.22. The van der Waals surface area contributed by atoms with Gasteiger partial charge in [0.25, 0.3) is 5.56 Å². The van der Waals surface area contributed by atoms with E-state index in [-0.39, 0.29) is 5.56 Å². The Labute approximate surface area is 122 Å². The first kappa shape index (κ1) is 13.2. The van der Waals surface area contributed by atoms with Crippen molar-refractivity contribution in [3.05, 3.63) is 70.1 Å². The molecule has 2 aromatic heterocycles. The first-order valence-electron chi connectivity index (χ1n) is 6.75. The van der Waals surface area contributed by atoms with E-state index in [9.17, 15) is 4.79 Å². The number of aromatic nitrogens is 3. The van der Waals surface area contributed by atoms with Crippen molar-refractivity contribution >= 4 is 0 Å². The van der Waals surface area contributed by atoms with Crippen LogP contribution in [-0.2, 0) is 0 Å². The van der Waals surface area contributed by atoms with Gasteiger partial charge in [0.1, 0.15) is 5.69 Å². The zero-order valence-corrected chi connectivity index (χ0v) is 11.9. The molecule has 0 spiro atoms. The minimum atomic E-state index is -0.135. The summed E-state index contributed by atoms with van der Waals surface area (Å²) in [7, 11) is 0. The molecule has 3 aromatic rings. The van der Waals surface area contributed by atoms with Crippen molar-refractivity contribution in [2.24, 2.45) is 0 Å². The zero-order valence-electron chi connectivity index (χ0n) is 11.9. The molecule has 0 saturated heterocycles. The van der Waals surface area contributed by atoms with Crippen LogP contribution in [0.25, 0.3) is 22.8 Å². The monoisotopic (exact) mass is 277 g/mol. The fourth-order valence-corrected chi connectivity index (χ4v) is 2.26. The molecule has 0 aliphatic carbocycles. The molecule has 0 radical (unpaired) electrons. The number of hydrogen-bond donors (Lipinski definition) is 1. The molecular weight excluding hydrogens is 262 g/mol. The van der Waals surface area contributed by atoms with Gasteiger partial charge in [-0.15, -0.1) is 0 Å². The maximum atomic E-state index is 12.2. The molecule has 3 rings (SSSR count). The average molecular weight is 277 g/mol. The number of pyridine rings is 1. The molecule has 0 saturated carbocycles. The third-order valence-electron chi connectivity index (χ3n) is 3.43. The molecule has 4 heteroatoms. The van der Waals surface area contributed by atoms with Crippen molar-refractivity contribution < 1.29 is 0 Å². The second kappa shape index (κ2) is 5.32. The van der Waals surface area contributed by atoms with Gasteiger partial charge in [0.05, 0.1) is 5.69 Å². The molecule has 1 N–H and O–H groups in total. The molecule has 0 fully saturated rings. The van der Waals surface area contributed by atoms with Gasteiger partial charge in [0.2, 0.25) is 0 Å². The van der Waals surface area contributed by atoms with E-state index in [0.29, 0.717) is 22.8 Å². The van der Waals surface area contributed by atoms with E-state index in [4.69, 9.17) is 0 Å². The number of rotatable bonds is 2. The fraction of sp³-hybridized carbons (Fsp3) is 0.118. The van der Waals surface area contributed by atoms with E-state index in [1.807, 2.05) is 49.4 Å². The molecule has 0 aliphatic rings. The van der Waals surface area contributed by atoms with Gasteiger partial charge in [0, 0.05) is 17.3 Å². The second-order valence-corrected chi connectivity index (χ2v) is 4.92. The van der Waals surface area contributed by atoms with E-state index in [2.05, 4.69) is 15.0 Å². The highest BCUT2D eigenvalue weighted by atomic mass is 16.1. The Morgan fingerprint density at radius 1 is 0.952 bits per heavy atom. The molecule has 0 bridgehead atoms.